The molecule has 2 fully saturated rings. The second kappa shape index (κ2) is 6.34. The zero-order valence-corrected chi connectivity index (χ0v) is 18.3. The average molecular weight is 388 g/mol. The molecule has 1 N–H and O–H groups in total. The van der Waals surface area contributed by atoms with Gasteiger partial charge in [-0.15, -0.1) is 0 Å². The van der Waals surface area contributed by atoms with Crippen LogP contribution in [0.3, 0.4) is 0 Å². The number of fused-ring (bicyclic) bond motifs is 5. The highest BCUT2D eigenvalue weighted by Gasteiger charge is 2.63. The number of hydrogen-bond acceptors (Lipinski definition) is 4. The molecule has 148 valence electrons. The van der Waals surface area contributed by atoms with Gasteiger partial charge in [0, 0.05) is 5.41 Å². The van der Waals surface area contributed by atoms with Gasteiger partial charge >= 0.3 is 0 Å². The summed E-state index contributed by atoms with van der Waals surface area (Å²) in [5.74, 6) is 1.76. The second-order valence-corrected chi connectivity index (χ2v) is 14.3. The van der Waals surface area contributed by atoms with Crippen molar-refractivity contribution in [3.8, 4) is 5.75 Å². The van der Waals surface area contributed by atoms with Crippen LogP contribution in [-0.4, -0.2) is 31.8 Å². The lowest BCUT2D eigenvalue weighted by Gasteiger charge is -2.54. The molecule has 3 aliphatic rings. The van der Waals surface area contributed by atoms with Crippen molar-refractivity contribution in [3.05, 3.63) is 29.3 Å². The molecule has 0 aliphatic heterocycles. The fourth-order valence-corrected chi connectivity index (χ4v) is 6.84. The molecule has 1 aromatic carbocycles. The van der Waals surface area contributed by atoms with Crippen molar-refractivity contribution in [1.82, 2.24) is 0 Å². The summed E-state index contributed by atoms with van der Waals surface area (Å²) in [6, 6.07) is 6.67. The molecular weight excluding hydrogens is 354 g/mol. The van der Waals surface area contributed by atoms with Crippen LogP contribution < -0.4 is 4.43 Å². The smallest absolute Gasteiger partial charge is 0.242 e. The molecule has 3 aliphatic carbocycles. The molecule has 0 unspecified atom stereocenters. The summed E-state index contributed by atoms with van der Waals surface area (Å²) in [6.45, 7) is 8.87. The molecule has 2 saturated carbocycles. The maximum Gasteiger partial charge on any atom is 0.242 e. The third-order valence-corrected chi connectivity index (χ3v) is 8.10. The Morgan fingerprint density at radius 2 is 1.93 bits per heavy atom. The van der Waals surface area contributed by atoms with Crippen molar-refractivity contribution in [3.63, 3.8) is 0 Å². The number of rotatable bonds is 3. The van der Waals surface area contributed by atoms with E-state index in [0.717, 1.165) is 50.0 Å². The summed E-state index contributed by atoms with van der Waals surface area (Å²) in [7, 11) is 0.00936. The van der Waals surface area contributed by atoms with Gasteiger partial charge in [0.05, 0.1) is 11.3 Å². The topological polar surface area (TPSA) is 51.0 Å². The van der Waals surface area contributed by atoms with Crippen LogP contribution in [0.15, 0.2) is 23.4 Å². The van der Waals surface area contributed by atoms with Gasteiger partial charge in [-0.05, 0) is 93.3 Å². The molecule has 4 nitrogen and oxygen atoms in total. The van der Waals surface area contributed by atoms with E-state index in [1.54, 1.807) is 7.11 Å². The molecule has 0 radical (unpaired) electrons. The minimum atomic E-state index is -1.60. The average Bonchev–Trinajstić information content (AvgIpc) is 2.85. The van der Waals surface area contributed by atoms with Crippen LogP contribution in [0.4, 0.5) is 0 Å². The van der Waals surface area contributed by atoms with Gasteiger partial charge in [0.2, 0.25) is 8.32 Å². The standard InChI is InChI=1S/C22H33NO3Si/c1-21-12-10-18-17-8-7-16(26-27(3,4)5)14-15(17)6-9-19(18)22(21,24)13-11-20(21)23-25-2/h7-8,14,18-19,24H,6,9-13H2,1-5H3/b23-20-/t18-,19-,21-,22-/m1/s1. The molecule has 0 amide bonds. The minimum absolute atomic E-state index is 0.247. The van der Waals surface area contributed by atoms with Crippen molar-refractivity contribution in [1.29, 1.82) is 0 Å². The summed E-state index contributed by atoms with van der Waals surface area (Å²) < 4.78 is 6.21. The molecule has 0 bridgehead atoms. The molecule has 0 saturated heterocycles. The van der Waals surface area contributed by atoms with Crippen LogP contribution in [0.1, 0.15) is 56.1 Å². The zero-order valence-electron chi connectivity index (χ0n) is 17.3. The van der Waals surface area contributed by atoms with Crippen LogP contribution in [0.2, 0.25) is 19.6 Å². The summed E-state index contributed by atoms with van der Waals surface area (Å²) in [5.41, 5.74) is 2.99. The minimum Gasteiger partial charge on any atom is -0.544 e. The fraction of sp³-hybridized carbons (Fsp3) is 0.682. The number of hydrogen-bond donors (Lipinski definition) is 1. The lowest BCUT2D eigenvalue weighted by molar-refractivity contribution is -0.119. The summed E-state index contributed by atoms with van der Waals surface area (Å²) in [6.07, 6.45) is 5.79. The summed E-state index contributed by atoms with van der Waals surface area (Å²) in [5, 5.41) is 16.1. The van der Waals surface area contributed by atoms with Crippen LogP contribution in [0.5, 0.6) is 5.75 Å². The molecule has 0 aromatic heterocycles. The highest BCUT2D eigenvalue weighted by Crippen LogP contribution is 2.62. The van der Waals surface area contributed by atoms with E-state index in [1.807, 2.05) is 0 Å². The second-order valence-electron chi connectivity index (χ2n) is 9.84. The normalized spacial score (nSPS) is 36.7. The number of oxime groups is 1. The molecule has 4 rings (SSSR count). The van der Waals surface area contributed by atoms with E-state index in [2.05, 4.69) is 49.9 Å². The Morgan fingerprint density at radius 3 is 2.63 bits per heavy atom. The van der Waals surface area contributed by atoms with Gasteiger partial charge in [-0.1, -0.05) is 18.1 Å². The summed E-state index contributed by atoms with van der Waals surface area (Å²) >= 11 is 0. The van der Waals surface area contributed by atoms with Crippen LogP contribution >= 0.6 is 0 Å². The first-order chi connectivity index (χ1) is 12.7. The van der Waals surface area contributed by atoms with E-state index in [-0.39, 0.29) is 5.41 Å². The van der Waals surface area contributed by atoms with Gasteiger partial charge in [0.25, 0.3) is 0 Å². The predicted molar refractivity (Wildman–Crippen MR) is 111 cm³/mol. The predicted octanol–water partition coefficient (Wildman–Crippen LogP) is 4.87. The molecule has 1 aromatic rings. The Labute approximate surface area is 164 Å². The number of aryl methyl sites for hydroxylation is 1. The van der Waals surface area contributed by atoms with Crippen LogP contribution in [0.25, 0.3) is 0 Å². The highest BCUT2D eigenvalue weighted by atomic mass is 28.4. The lowest BCUT2D eigenvalue weighted by atomic mass is 9.53. The van der Waals surface area contributed by atoms with Crippen molar-refractivity contribution >= 4 is 14.0 Å². The van der Waals surface area contributed by atoms with E-state index in [9.17, 15) is 5.11 Å². The highest BCUT2D eigenvalue weighted by molar-refractivity contribution is 6.70. The number of aliphatic hydroxyl groups is 1. The maximum absolute atomic E-state index is 11.8. The fourth-order valence-electron chi connectivity index (χ4n) is 6.00. The van der Waals surface area contributed by atoms with E-state index in [4.69, 9.17) is 9.26 Å². The number of benzene rings is 1. The molecule has 0 heterocycles. The maximum atomic E-state index is 11.8. The first kappa shape index (κ1) is 19.0. The van der Waals surface area contributed by atoms with Crippen LogP contribution in [0, 0.1) is 11.3 Å². The van der Waals surface area contributed by atoms with Crippen molar-refractivity contribution in [2.24, 2.45) is 16.5 Å². The van der Waals surface area contributed by atoms with Crippen LogP contribution in [-0.2, 0) is 11.3 Å². The third kappa shape index (κ3) is 2.94. The first-order valence-electron chi connectivity index (χ1n) is 10.3. The Hall–Kier alpha value is -1.33. The molecule has 27 heavy (non-hydrogen) atoms. The van der Waals surface area contributed by atoms with E-state index >= 15 is 0 Å². The number of nitrogens with zero attached hydrogens (tertiary/aromatic N) is 1. The third-order valence-electron chi connectivity index (χ3n) is 7.25. The van der Waals surface area contributed by atoms with Gasteiger partial charge in [0.1, 0.15) is 12.9 Å². The Bertz CT molecular complexity index is 771. The molecule has 4 atom stereocenters. The molecule has 5 heteroatoms. The van der Waals surface area contributed by atoms with Gasteiger partial charge < -0.3 is 14.4 Å². The van der Waals surface area contributed by atoms with Crippen molar-refractivity contribution < 1.29 is 14.4 Å². The Kier molecular flexibility index (Phi) is 4.47. The van der Waals surface area contributed by atoms with Gasteiger partial charge in [0.15, 0.2) is 0 Å². The van der Waals surface area contributed by atoms with E-state index < -0.39 is 13.9 Å². The summed E-state index contributed by atoms with van der Waals surface area (Å²) in [4.78, 5) is 5.10. The Balaban J connectivity index is 1.66. The van der Waals surface area contributed by atoms with Gasteiger partial charge in [-0.2, -0.15) is 0 Å². The molecular formula is C22H33NO3Si. The van der Waals surface area contributed by atoms with Crippen molar-refractivity contribution in [2.45, 2.75) is 76.6 Å². The van der Waals surface area contributed by atoms with Crippen molar-refractivity contribution in [2.75, 3.05) is 7.11 Å². The lowest BCUT2D eigenvalue weighted by Crippen LogP contribution is -2.56. The molecule has 0 spiro atoms. The monoisotopic (exact) mass is 387 g/mol. The first-order valence-corrected chi connectivity index (χ1v) is 13.7. The van der Waals surface area contributed by atoms with Gasteiger partial charge in [-0.25, -0.2) is 0 Å². The largest absolute Gasteiger partial charge is 0.544 e. The zero-order chi connectivity index (χ0) is 19.4. The Morgan fingerprint density at radius 1 is 1.15 bits per heavy atom. The SMILES string of the molecule is CO/N=C1/CC[C@@]2(O)[C@@H]3CCc4cc(O[Si](C)(C)C)ccc4[C@H]3CC[C@]12C. The van der Waals surface area contributed by atoms with E-state index in [1.165, 1.54) is 11.1 Å². The van der Waals surface area contributed by atoms with Gasteiger partial charge in [-0.3, -0.25) is 0 Å². The van der Waals surface area contributed by atoms with E-state index in [0.29, 0.717) is 11.8 Å². The quantitative estimate of drug-likeness (QED) is 0.594.